The van der Waals surface area contributed by atoms with Crippen LogP contribution in [0.1, 0.15) is 30.9 Å². The van der Waals surface area contributed by atoms with E-state index < -0.39 is 11.5 Å². The van der Waals surface area contributed by atoms with Crippen LogP contribution >= 0.6 is 0 Å². The molecule has 1 amide bonds. The molecule has 21 heavy (non-hydrogen) atoms. The van der Waals surface area contributed by atoms with E-state index in [0.717, 1.165) is 11.1 Å². The van der Waals surface area contributed by atoms with E-state index in [-0.39, 0.29) is 12.5 Å². The van der Waals surface area contributed by atoms with Crippen LogP contribution in [0.15, 0.2) is 18.2 Å². The Morgan fingerprint density at radius 2 is 1.95 bits per heavy atom. The lowest BCUT2D eigenvalue weighted by Gasteiger charge is -2.31. The Kier molecular flexibility index (Phi) is 4.21. The van der Waals surface area contributed by atoms with E-state index >= 15 is 0 Å². The fourth-order valence-corrected chi connectivity index (χ4v) is 2.82. The molecule has 114 valence electrons. The number of hydrogen-bond donors (Lipinski definition) is 1. The Morgan fingerprint density at radius 1 is 1.33 bits per heavy atom. The fraction of sp³-hybridized carbons (Fsp3) is 0.500. The molecule has 1 atom stereocenters. The van der Waals surface area contributed by atoms with Gasteiger partial charge in [0.25, 0.3) is 5.91 Å². The Morgan fingerprint density at radius 3 is 2.52 bits per heavy atom. The number of aryl methyl sites for hydroxylation is 2. The fourth-order valence-electron chi connectivity index (χ4n) is 2.82. The molecule has 0 radical (unpaired) electrons. The van der Waals surface area contributed by atoms with Gasteiger partial charge in [0.2, 0.25) is 0 Å². The summed E-state index contributed by atoms with van der Waals surface area (Å²) in [6.07, 6.45) is 1.19. The van der Waals surface area contributed by atoms with Crippen molar-refractivity contribution < 1.29 is 19.4 Å². The number of hydrogen-bond acceptors (Lipinski definition) is 3. The van der Waals surface area contributed by atoms with Crippen LogP contribution in [0.25, 0.3) is 0 Å². The topological polar surface area (TPSA) is 66.8 Å². The van der Waals surface area contributed by atoms with Crippen LogP contribution in [0.3, 0.4) is 0 Å². The minimum Gasteiger partial charge on any atom is -0.483 e. The first-order valence-electron chi connectivity index (χ1n) is 7.09. The lowest BCUT2D eigenvalue weighted by atomic mass is 9.99. The number of ether oxygens (including phenoxy) is 1. The number of amides is 1. The summed E-state index contributed by atoms with van der Waals surface area (Å²) in [5.41, 5.74) is 0.816. The molecule has 1 N–H and O–H groups in total. The summed E-state index contributed by atoms with van der Waals surface area (Å²) in [7, 11) is 0. The SMILES string of the molecule is Cc1cccc(C)c1OCC(=O)N1CCCC1(C)C(=O)O. The summed E-state index contributed by atoms with van der Waals surface area (Å²) in [5, 5.41) is 9.33. The Labute approximate surface area is 124 Å². The zero-order valence-electron chi connectivity index (χ0n) is 12.7. The maximum Gasteiger partial charge on any atom is 0.329 e. The van der Waals surface area contributed by atoms with E-state index in [1.807, 2.05) is 32.0 Å². The molecule has 1 aliphatic heterocycles. The Balaban J connectivity index is 2.07. The largest absolute Gasteiger partial charge is 0.483 e. The summed E-state index contributed by atoms with van der Waals surface area (Å²) >= 11 is 0. The van der Waals surface area contributed by atoms with Gasteiger partial charge in [0.15, 0.2) is 6.61 Å². The molecule has 0 saturated carbocycles. The van der Waals surface area contributed by atoms with Crippen molar-refractivity contribution in [1.29, 1.82) is 0 Å². The standard InChI is InChI=1S/C16H21NO4/c1-11-6-4-7-12(2)14(11)21-10-13(18)17-9-5-8-16(17,3)15(19)20/h4,6-7H,5,8-10H2,1-3H3,(H,19,20). The molecular weight excluding hydrogens is 270 g/mol. The van der Waals surface area contributed by atoms with Gasteiger partial charge in [-0.1, -0.05) is 18.2 Å². The maximum absolute atomic E-state index is 12.3. The van der Waals surface area contributed by atoms with Crippen LogP contribution in [0, 0.1) is 13.8 Å². The van der Waals surface area contributed by atoms with Crippen molar-refractivity contribution in [2.45, 2.75) is 39.2 Å². The van der Waals surface area contributed by atoms with Gasteiger partial charge in [-0.25, -0.2) is 4.79 Å². The van der Waals surface area contributed by atoms with Gasteiger partial charge in [-0.3, -0.25) is 4.79 Å². The van der Waals surface area contributed by atoms with Crippen LogP contribution < -0.4 is 4.74 Å². The number of rotatable bonds is 4. The number of likely N-dealkylation sites (tertiary alicyclic amines) is 1. The van der Waals surface area contributed by atoms with Gasteiger partial charge >= 0.3 is 5.97 Å². The zero-order chi connectivity index (χ0) is 15.6. The third kappa shape index (κ3) is 2.86. The van der Waals surface area contributed by atoms with Crippen molar-refractivity contribution in [3.63, 3.8) is 0 Å². The maximum atomic E-state index is 12.3. The second-order valence-electron chi connectivity index (χ2n) is 5.74. The highest BCUT2D eigenvalue weighted by atomic mass is 16.5. The molecule has 1 heterocycles. The van der Waals surface area contributed by atoms with E-state index in [1.54, 1.807) is 6.92 Å². The average molecular weight is 291 g/mol. The number of carboxylic acids is 1. The first-order chi connectivity index (χ1) is 9.86. The monoisotopic (exact) mass is 291 g/mol. The van der Waals surface area contributed by atoms with Crippen LogP contribution in [0.4, 0.5) is 0 Å². The summed E-state index contributed by atoms with van der Waals surface area (Å²) in [4.78, 5) is 25.1. The molecule has 0 aromatic heterocycles. The molecule has 2 rings (SSSR count). The van der Waals surface area contributed by atoms with E-state index in [4.69, 9.17) is 4.74 Å². The van der Waals surface area contributed by atoms with E-state index in [1.165, 1.54) is 4.90 Å². The number of aliphatic carboxylic acids is 1. The van der Waals surface area contributed by atoms with Gasteiger partial charge in [-0.05, 0) is 44.7 Å². The van der Waals surface area contributed by atoms with Crippen LogP contribution in [-0.2, 0) is 9.59 Å². The van der Waals surface area contributed by atoms with Gasteiger partial charge in [-0.15, -0.1) is 0 Å². The predicted molar refractivity (Wildman–Crippen MR) is 78.4 cm³/mol. The summed E-state index contributed by atoms with van der Waals surface area (Å²) in [6.45, 7) is 5.78. The summed E-state index contributed by atoms with van der Waals surface area (Å²) in [6, 6.07) is 5.77. The van der Waals surface area contributed by atoms with E-state index in [2.05, 4.69) is 0 Å². The first kappa shape index (κ1) is 15.4. The highest BCUT2D eigenvalue weighted by Gasteiger charge is 2.45. The molecular formula is C16H21NO4. The quantitative estimate of drug-likeness (QED) is 0.923. The molecule has 1 fully saturated rings. The van der Waals surface area contributed by atoms with Crippen molar-refractivity contribution >= 4 is 11.9 Å². The molecule has 0 bridgehead atoms. The van der Waals surface area contributed by atoms with Crippen LogP contribution in [0.2, 0.25) is 0 Å². The highest BCUT2D eigenvalue weighted by molar-refractivity contribution is 5.88. The number of benzene rings is 1. The number of carbonyl (C=O) groups is 2. The van der Waals surface area contributed by atoms with Gasteiger partial charge in [0, 0.05) is 6.54 Å². The molecule has 0 spiro atoms. The summed E-state index contributed by atoms with van der Waals surface area (Å²) in [5.74, 6) is -0.539. The second kappa shape index (κ2) is 5.76. The Bertz CT molecular complexity index is 549. The van der Waals surface area contributed by atoms with Crippen LogP contribution in [0.5, 0.6) is 5.75 Å². The third-order valence-corrected chi connectivity index (χ3v) is 4.15. The van der Waals surface area contributed by atoms with Gasteiger partial charge in [0.05, 0.1) is 0 Å². The van der Waals surface area contributed by atoms with Crippen molar-refractivity contribution in [2.24, 2.45) is 0 Å². The Hall–Kier alpha value is -2.04. The van der Waals surface area contributed by atoms with Crippen molar-refractivity contribution in [2.75, 3.05) is 13.2 Å². The second-order valence-corrected chi connectivity index (χ2v) is 5.74. The number of nitrogens with zero attached hydrogens (tertiary/aromatic N) is 1. The van der Waals surface area contributed by atoms with Gasteiger partial charge in [-0.2, -0.15) is 0 Å². The molecule has 5 heteroatoms. The molecule has 1 unspecified atom stereocenters. The minimum atomic E-state index is -1.11. The molecule has 1 aliphatic rings. The van der Waals surface area contributed by atoms with Crippen molar-refractivity contribution in [1.82, 2.24) is 4.90 Å². The van der Waals surface area contributed by atoms with Gasteiger partial charge in [0.1, 0.15) is 11.3 Å². The minimum absolute atomic E-state index is 0.130. The van der Waals surface area contributed by atoms with Crippen molar-refractivity contribution in [3.8, 4) is 5.75 Å². The molecule has 0 aliphatic carbocycles. The molecule has 1 saturated heterocycles. The average Bonchev–Trinajstić information content (AvgIpc) is 2.81. The lowest BCUT2D eigenvalue weighted by molar-refractivity contribution is -0.156. The first-order valence-corrected chi connectivity index (χ1v) is 7.09. The van der Waals surface area contributed by atoms with Crippen molar-refractivity contribution in [3.05, 3.63) is 29.3 Å². The highest BCUT2D eigenvalue weighted by Crippen LogP contribution is 2.29. The molecule has 1 aromatic rings. The van der Waals surface area contributed by atoms with E-state index in [9.17, 15) is 14.7 Å². The zero-order valence-corrected chi connectivity index (χ0v) is 12.7. The molecule has 1 aromatic carbocycles. The van der Waals surface area contributed by atoms with Crippen LogP contribution in [-0.4, -0.2) is 40.6 Å². The predicted octanol–water partition coefficient (Wildman–Crippen LogP) is 2.15. The molecule has 5 nitrogen and oxygen atoms in total. The third-order valence-electron chi connectivity index (χ3n) is 4.15. The lowest BCUT2D eigenvalue weighted by Crippen LogP contribution is -2.52. The van der Waals surface area contributed by atoms with Gasteiger partial charge < -0.3 is 14.7 Å². The number of para-hydroxylation sites is 1. The normalized spacial score (nSPS) is 21.4. The number of carbonyl (C=O) groups excluding carboxylic acids is 1. The summed E-state index contributed by atoms with van der Waals surface area (Å²) < 4.78 is 5.63. The van der Waals surface area contributed by atoms with E-state index in [0.29, 0.717) is 25.1 Å². The number of carboxylic acid groups (broad SMARTS) is 1. The smallest absolute Gasteiger partial charge is 0.329 e.